The second-order valence-electron chi connectivity index (χ2n) is 5.85. The van der Waals surface area contributed by atoms with Crippen LogP contribution in [0.15, 0.2) is 18.2 Å². The highest BCUT2D eigenvalue weighted by Gasteiger charge is 2.33. The van der Waals surface area contributed by atoms with Gasteiger partial charge in [0, 0.05) is 12.0 Å². The fourth-order valence-electron chi connectivity index (χ4n) is 2.00. The summed E-state index contributed by atoms with van der Waals surface area (Å²) in [6.45, 7) is 5.60. The van der Waals surface area contributed by atoms with Gasteiger partial charge in [-0.1, -0.05) is 12.1 Å². The van der Waals surface area contributed by atoms with Crippen LogP contribution in [0.3, 0.4) is 0 Å². The number of benzene rings is 1. The van der Waals surface area contributed by atoms with Gasteiger partial charge >= 0.3 is 0 Å². The van der Waals surface area contributed by atoms with Crippen molar-refractivity contribution in [2.24, 2.45) is 11.5 Å². The Labute approximate surface area is 112 Å². The molecule has 1 aromatic rings. The van der Waals surface area contributed by atoms with Gasteiger partial charge in [0.15, 0.2) is 11.5 Å². The van der Waals surface area contributed by atoms with E-state index >= 15 is 0 Å². The number of ether oxygens (including phenoxy) is 2. The van der Waals surface area contributed by atoms with Crippen molar-refractivity contribution >= 4 is 5.91 Å². The number of hydrogen-bond acceptors (Lipinski definition) is 4. The highest BCUT2D eigenvalue weighted by molar-refractivity contribution is 5.84. The minimum atomic E-state index is -1.20. The third-order valence-corrected chi connectivity index (χ3v) is 3.15. The second-order valence-corrected chi connectivity index (χ2v) is 5.85. The zero-order valence-electron chi connectivity index (χ0n) is 11.5. The van der Waals surface area contributed by atoms with Crippen LogP contribution in [0.4, 0.5) is 0 Å². The van der Waals surface area contributed by atoms with Crippen LogP contribution in [0.5, 0.6) is 11.5 Å². The average molecular weight is 264 g/mol. The van der Waals surface area contributed by atoms with Gasteiger partial charge in [-0.2, -0.15) is 0 Å². The van der Waals surface area contributed by atoms with E-state index < -0.39 is 11.4 Å². The summed E-state index contributed by atoms with van der Waals surface area (Å²) in [7, 11) is 0. The monoisotopic (exact) mass is 264 g/mol. The van der Waals surface area contributed by atoms with Crippen LogP contribution in [0.1, 0.15) is 26.3 Å². The predicted molar refractivity (Wildman–Crippen MR) is 72.1 cm³/mol. The molecular formula is C14H20N2O3. The van der Waals surface area contributed by atoms with E-state index in [2.05, 4.69) is 0 Å². The summed E-state index contributed by atoms with van der Waals surface area (Å²) in [6.07, 6.45) is 0.829. The lowest BCUT2D eigenvalue weighted by Crippen LogP contribution is -2.53. The molecular weight excluding hydrogens is 244 g/mol. The first-order valence-electron chi connectivity index (χ1n) is 6.24. The molecule has 0 bridgehead atoms. The van der Waals surface area contributed by atoms with Gasteiger partial charge in [0.05, 0.1) is 0 Å². The smallest absolute Gasteiger partial charge is 0.240 e. The molecule has 1 aliphatic heterocycles. The number of primary amides is 1. The molecule has 4 N–H and O–H groups in total. The molecule has 1 amide bonds. The first-order chi connectivity index (χ1) is 8.71. The summed E-state index contributed by atoms with van der Waals surface area (Å²) in [6, 6.07) is 5.71. The highest BCUT2D eigenvalue weighted by atomic mass is 16.5. The van der Waals surface area contributed by atoms with Crippen LogP contribution >= 0.6 is 0 Å². The minimum absolute atomic E-state index is 0.0164. The maximum atomic E-state index is 11.2. The van der Waals surface area contributed by atoms with Crippen molar-refractivity contribution in [3.05, 3.63) is 23.8 Å². The Kier molecular flexibility index (Phi) is 3.18. The molecule has 0 spiro atoms. The van der Waals surface area contributed by atoms with Crippen molar-refractivity contribution in [3.8, 4) is 11.5 Å². The minimum Gasteiger partial charge on any atom is -0.487 e. The molecule has 0 aliphatic carbocycles. The topological polar surface area (TPSA) is 87.6 Å². The zero-order valence-corrected chi connectivity index (χ0v) is 11.5. The van der Waals surface area contributed by atoms with Gasteiger partial charge in [-0.3, -0.25) is 4.79 Å². The molecule has 0 fully saturated rings. The van der Waals surface area contributed by atoms with Crippen LogP contribution in [0, 0.1) is 0 Å². The van der Waals surface area contributed by atoms with Crippen LogP contribution in [-0.2, 0) is 11.2 Å². The van der Waals surface area contributed by atoms with E-state index in [9.17, 15) is 4.79 Å². The zero-order chi connectivity index (χ0) is 14.3. The van der Waals surface area contributed by atoms with Gasteiger partial charge in [-0.15, -0.1) is 0 Å². The molecule has 1 unspecified atom stereocenters. The normalized spacial score (nSPS) is 19.2. The van der Waals surface area contributed by atoms with Crippen LogP contribution in [0.2, 0.25) is 0 Å². The van der Waals surface area contributed by atoms with E-state index in [-0.39, 0.29) is 12.2 Å². The molecule has 2 rings (SSSR count). The van der Waals surface area contributed by atoms with Crippen LogP contribution in [-0.4, -0.2) is 23.7 Å². The number of hydrogen-bond donors (Lipinski definition) is 2. The Morgan fingerprint density at radius 2 is 2.21 bits per heavy atom. The molecule has 1 atom stereocenters. The lowest BCUT2D eigenvalue weighted by molar-refractivity contribution is -0.123. The number of carbonyl (C=O) groups excluding carboxylic acids is 1. The summed E-state index contributed by atoms with van der Waals surface area (Å²) in [5, 5.41) is 0. The summed E-state index contributed by atoms with van der Waals surface area (Å²) in [5.74, 6) is 0.732. The van der Waals surface area contributed by atoms with Gasteiger partial charge in [0.1, 0.15) is 17.7 Å². The third-order valence-electron chi connectivity index (χ3n) is 3.15. The molecule has 5 nitrogen and oxygen atoms in total. The Bertz CT molecular complexity index is 509. The van der Waals surface area contributed by atoms with E-state index in [4.69, 9.17) is 20.9 Å². The predicted octanol–water partition coefficient (Wildman–Crippen LogP) is 0.982. The average Bonchev–Trinajstić information content (AvgIpc) is 2.60. The number of nitrogens with two attached hydrogens (primary N) is 2. The summed E-state index contributed by atoms with van der Waals surface area (Å²) in [4.78, 5) is 11.2. The molecule has 5 heteroatoms. The van der Waals surface area contributed by atoms with Crippen molar-refractivity contribution in [2.45, 2.75) is 38.3 Å². The number of rotatable bonds is 4. The highest BCUT2D eigenvalue weighted by Crippen LogP contribution is 2.41. The van der Waals surface area contributed by atoms with E-state index in [1.807, 2.05) is 26.0 Å². The van der Waals surface area contributed by atoms with Crippen molar-refractivity contribution in [1.29, 1.82) is 0 Å². The van der Waals surface area contributed by atoms with E-state index in [1.165, 1.54) is 0 Å². The molecule has 104 valence electrons. The van der Waals surface area contributed by atoms with Crippen molar-refractivity contribution in [3.63, 3.8) is 0 Å². The summed E-state index contributed by atoms with van der Waals surface area (Å²) in [5.41, 5.74) is 10.6. The Morgan fingerprint density at radius 3 is 2.84 bits per heavy atom. The first kappa shape index (κ1) is 13.7. The molecule has 1 aliphatic rings. The molecule has 0 aromatic heterocycles. The molecule has 0 saturated heterocycles. The lowest BCUT2D eigenvalue weighted by atomic mass is 10.0. The number of carbonyl (C=O) groups is 1. The fourth-order valence-corrected chi connectivity index (χ4v) is 2.00. The third kappa shape index (κ3) is 2.81. The largest absolute Gasteiger partial charge is 0.487 e. The quantitative estimate of drug-likeness (QED) is 0.848. The fraction of sp³-hybridized carbons (Fsp3) is 0.500. The van der Waals surface area contributed by atoms with Gasteiger partial charge in [-0.05, 0) is 26.8 Å². The van der Waals surface area contributed by atoms with Crippen LogP contribution < -0.4 is 20.9 Å². The SMILES string of the molecule is CC1(C)Cc2cccc(OCC(C)(N)C(N)=O)c2O1. The molecule has 19 heavy (non-hydrogen) atoms. The maximum absolute atomic E-state index is 11.2. The van der Waals surface area contributed by atoms with E-state index in [0.29, 0.717) is 5.75 Å². The second kappa shape index (κ2) is 4.42. The summed E-state index contributed by atoms with van der Waals surface area (Å²) >= 11 is 0. The van der Waals surface area contributed by atoms with Crippen molar-refractivity contribution in [2.75, 3.05) is 6.61 Å². The van der Waals surface area contributed by atoms with Gasteiger partial charge in [0.25, 0.3) is 0 Å². The number of amides is 1. The van der Waals surface area contributed by atoms with Crippen molar-refractivity contribution in [1.82, 2.24) is 0 Å². The number of para-hydroxylation sites is 1. The molecule has 0 saturated carbocycles. The molecule has 0 radical (unpaired) electrons. The Morgan fingerprint density at radius 1 is 1.53 bits per heavy atom. The van der Waals surface area contributed by atoms with Crippen molar-refractivity contribution < 1.29 is 14.3 Å². The van der Waals surface area contributed by atoms with Gasteiger partial charge < -0.3 is 20.9 Å². The molecule has 1 heterocycles. The maximum Gasteiger partial charge on any atom is 0.240 e. The lowest BCUT2D eigenvalue weighted by Gasteiger charge is -2.22. The van der Waals surface area contributed by atoms with Crippen LogP contribution in [0.25, 0.3) is 0 Å². The number of fused-ring (bicyclic) bond motifs is 1. The standard InChI is InChI=1S/C14H20N2O3/c1-13(2)7-9-5-4-6-10(11(9)19-13)18-8-14(3,16)12(15)17/h4-6H,7-8,16H2,1-3H3,(H2,15,17). The first-order valence-corrected chi connectivity index (χ1v) is 6.24. The summed E-state index contributed by atoms with van der Waals surface area (Å²) < 4.78 is 11.5. The van der Waals surface area contributed by atoms with Gasteiger partial charge in [0.2, 0.25) is 5.91 Å². The Hall–Kier alpha value is -1.75. The van der Waals surface area contributed by atoms with E-state index in [1.54, 1.807) is 13.0 Å². The Balaban J connectivity index is 2.16. The van der Waals surface area contributed by atoms with Gasteiger partial charge in [-0.25, -0.2) is 0 Å². The van der Waals surface area contributed by atoms with E-state index in [0.717, 1.165) is 17.7 Å². The molecule has 1 aromatic carbocycles.